The van der Waals surface area contributed by atoms with Gasteiger partial charge in [0.2, 0.25) is 0 Å². The summed E-state index contributed by atoms with van der Waals surface area (Å²) in [5.74, 6) is 1.92. The fraction of sp³-hybridized carbons (Fsp3) is 0.444. The first kappa shape index (κ1) is 15.6. The van der Waals surface area contributed by atoms with Gasteiger partial charge in [0.05, 0.1) is 6.54 Å². The molecule has 1 aromatic carbocycles. The molecule has 1 fully saturated rings. The Morgan fingerprint density at radius 1 is 1.14 bits per heavy atom. The van der Waals surface area contributed by atoms with Crippen molar-refractivity contribution in [3.05, 3.63) is 58.5 Å². The minimum atomic E-state index is 0.0399. The van der Waals surface area contributed by atoms with Gasteiger partial charge in [-0.1, -0.05) is 29.8 Å². The Labute approximate surface area is 136 Å². The van der Waals surface area contributed by atoms with Crippen LogP contribution in [-0.4, -0.2) is 19.8 Å². The summed E-state index contributed by atoms with van der Waals surface area (Å²) in [5.41, 5.74) is 1.26. The Hall–Kier alpha value is -1.29. The van der Waals surface area contributed by atoms with Crippen LogP contribution < -0.4 is 5.32 Å². The van der Waals surface area contributed by atoms with Gasteiger partial charge in [0.25, 0.3) is 0 Å². The van der Waals surface area contributed by atoms with E-state index in [4.69, 9.17) is 20.8 Å². The number of nitrogens with one attached hydrogen (secondary N) is 1. The van der Waals surface area contributed by atoms with Crippen LogP contribution in [0.4, 0.5) is 0 Å². The SMILES string of the molecule is Cc1ccc(CNCC2(c3ccccc3Cl)CCOCC2)o1. The lowest BCUT2D eigenvalue weighted by Gasteiger charge is -2.38. The number of aryl methyl sites for hydroxylation is 1. The minimum absolute atomic E-state index is 0.0399. The zero-order valence-electron chi connectivity index (χ0n) is 12.9. The van der Waals surface area contributed by atoms with Gasteiger partial charge in [-0.15, -0.1) is 0 Å². The summed E-state index contributed by atoms with van der Waals surface area (Å²) in [6, 6.07) is 12.2. The molecule has 4 heteroatoms. The second-order valence-corrected chi connectivity index (χ2v) is 6.40. The number of furan rings is 1. The van der Waals surface area contributed by atoms with Crippen LogP contribution in [0.25, 0.3) is 0 Å². The molecule has 1 N–H and O–H groups in total. The second-order valence-electron chi connectivity index (χ2n) is 5.99. The van der Waals surface area contributed by atoms with Crippen LogP contribution in [0.1, 0.15) is 29.9 Å². The summed E-state index contributed by atoms with van der Waals surface area (Å²) in [5, 5.41) is 4.39. The standard InChI is InChI=1S/C18H22ClNO2/c1-14-6-7-15(22-14)12-20-13-18(8-10-21-11-9-18)16-4-2-3-5-17(16)19/h2-7,20H,8-13H2,1H3. The minimum Gasteiger partial charge on any atom is -0.465 e. The van der Waals surface area contributed by atoms with E-state index in [0.717, 1.165) is 55.7 Å². The molecule has 0 atom stereocenters. The van der Waals surface area contributed by atoms with Crippen molar-refractivity contribution in [2.75, 3.05) is 19.8 Å². The van der Waals surface area contributed by atoms with E-state index in [2.05, 4.69) is 17.4 Å². The highest BCUT2D eigenvalue weighted by Crippen LogP contribution is 2.38. The van der Waals surface area contributed by atoms with Crippen molar-refractivity contribution in [3.63, 3.8) is 0 Å². The first-order valence-electron chi connectivity index (χ1n) is 7.78. The van der Waals surface area contributed by atoms with Crippen LogP contribution in [0.15, 0.2) is 40.8 Å². The van der Waals surface area contributed by atoms with E-state index >= 15 is 0 Å². The highest BCUT2D eigenvalue weighted by molar-refractivity contribution is 6.31. The highest BCUT2D eigenvalue weighted by atomic mass is 35.5. The van der Waals surface area contributed by atoms with E-state index in [0.29, 0.717) is 0 Å². The summed E-state index contributed by atoms with van der Waals surface area (Å²) < 4.78 is 11.2. The second kappa shape index (κ2) is 6.86. The van der Waals surface area contributed by atoms with Gasteiger partial charge in [0, 0.05) is 30.2 Å². The van der Waals surface area contributed by atoms with Crippen molar-refractivity contribution in [1.82, 2.24) is 5.32 Å². The highest BCUT2D eigenvalue weighted by Gasteiger charge is 2.35. The quantitative estimate of drug-likeness (QED) is 0.901. The van der Waals surface area contributed by atoms with Crippen molar-refractivity contribution in [2.45, 2.75) is 31.7 Å². The van der Waals surface area contributed by atoms with E-state index in [-0.39, 0.29) is 5.41 Å². The van der Waals surface area contributed by atoms with Crippen molar-refractivity contribution in [3.8, 4) is 0 Å². The molecule has 0 radical (unpaired) electrons. The Morgan fingerprint density at radius 2 is 1.91 bits per heavy atom. The van der Waals surface area contributed by atoms with Gasteiger partial charge in [-0.05, 0) is 43.5 Å². The number of rotatable bonds is 5. The third kappa shape index (κ3) is 3.37. The van der Waals surface area contributed by atoms with Crippen molar-refractivity contribution in [1.29, 1.82) is 0 Å². The molecule has 3 nitrogen and oxygen atoms in total. The maximum absolute atomic E-state index is 6.46. The van der Waals surface area contributed by atoms with Gasteiger partial charge in [-0.3, -0.25) is 0 Å². The molecule has 2 aromatic rings. The molecule has 1 aliphatic heterocycles. The third-order valence-electron chi connectivity index (χ3n) is 4.45. The predicted octanol–water partition coefficient (Wildman–Crippen LogP) is 4.08. The van der Waals surface area contributed by atoms with E-state index in [9.17, 15) is 0 Å². The average molecular weight is 320 g/mol. The lowest BCUT2D eigenvalue weighted by atomic mass is 9.74. The van der Waals surface area contributed by atoms with Crippen LogP contribution in [0.3, 0.4) is 0 Å². The average Bonchev–Trinajstić information content (AvgIpc) is 2.94. The Morgan fingerprint density at radius 3 is 2.59 bits per heavy atom. The lowest BCUT2D eigenvalue weighted by Crippen LogP contribution is -2.42. The maximum Gasteiger partial charge on any atom is 0.117 e. The van der Waals surface area contributed by atoms with Gasteiger partial charge >= 0.3 is 0 Å². The molecule has 0 saturated carbocycles. The van der Waals surface area contributed by atoms with Gasteiger partial charge in [-0.25, -0.2) is 0 Å². The molecule has 22 heavy (non-hydrogen) atoms. The Bertz CT molecular complexity index is 617. The molecule has 2 heterocycles. The fourth-order valence-corrected chi connectivity index (χ4v) is 3.54. The van der Waals surface area contributed by atoms with E-state index in [1.54, 1.807) is 0 Å². The number of ether oxygens (including phenoxy) is 1. The predicted molar refractivity (Wildman–Crippen MR) is 88.3 cm³/mol. The van der Waals surface area contributed by atoms with E-state index in [1.807, 2.05) is 31.2 Å². The van der Waals surface area contributed by atoms with Crippen molar-refractivity contribution < 1.29 is 9.15 Å². The molecule has 1 aliphatic rings. The normalized spacial score (nSPS) is 17.5. The van der Waals surface area contributed by atoms with E-state index < -0.39 is 0 Å². The largest absolute Gasteiger partial charge is 0.465 e. The van der Waals surface area contributed by atoms with Gasteiger partial charge < -0.3 is 14.5 Å². The summed E-state index contributed by atoms with van der Waals surface area (Å²) >= 11 is 6.46. The molecule has 1 aromatic heterocycles. The topological polar surface area (TPSA) is 34.4 Å². The molecule has 0 unspecified atom stereocenters. The van der Waals surface area contributed by atoms with Gasteiger partial charge in [0.1, 0.15) is 11.5 Å². The molecule has 1 saturated heterocycles. The smallest absolute Gasteiger partial charge is 0.117 e. The van der Waals surface area contributed by atoms with Crippen LogP contribution in [0, 0.1) is 6.92 Å². The zero-order chi connectivity index (χ0) is 15.4. The third-order valence-corrected chi connectivity index (χ3v) is 4.78. The fourth-order valence-electron chi connectivity index (χ4n) is 3.20. The number of benzene rings is 1. The monoisotopic (exact) mass is 319 g/mol. The Kier molecular flexibility index (Phi) is 4.87. The maximum atomic E-state index is 6.46. The summed E-state index contributed by atoms with van der Waals surface area (Å²) in [4.78, 5) is 0. The number of hydrogen-bond donors (Lipinski definition) is 1. The first-order valence-corrected chi connectivity index (χ1v) is 8.16. The molecule has 118 valence electrons. The van der Waals surface area contributed by atoms with Crippen LogP contribution in [-0.2, 0) is 16.7 Å². The molecular formula is C18H22ClNO2. The number of halogens is 1. The van der Waals surface area contributed by atoms with Crippen LogP contribution >= 0.6 is 11.6 Å². The lowest BCUT2D eigenvalue weighted by molar-refractivity contribution is 0.0496. The molecule has 0 aliphatic carbocycles. The summed E-state index contributed by atoms with van der Waals surface area (Å²) in [6.45, 7) is 5.15. The molecular weight excluding hydrogens is 298 g/mol. The summed E-state index contributed by atoms with van der Waals surface area (Å²) in [6.07, 6.45) is 1.97. The summed E-state index contributed by atoms with van der Waals surface area (Å²) in [7, 11) is 0. The van der Waals surface area contributed by atoms with Crippen molar-refractivity contribution >= 4 is 11.6 Å². The van der Waals surface area contributed by atoms with Crippen molar-refractivity contribution in [2.24, 2.45) is 0 Å². The van der Waals surface area contributed by atoms with E-state index in [1.165, 1.54) is 5.56 Å². The van der Waals surface area contributed by atoms with Gasteiger partial charge in [0.15, 0.2) is 0 Å². The first-order chi connectivity index (χ1) is 10.7. The number of hydrogen-bond acceptors (Lipinski definition) is 3. The molecule has 3 rings (SSSR count). The van der Waals surface area contributed by atoms with Crippen LogP contribution in [0.2, 0.25) is 5.02 Å². The zero-order valence-corrected chi connectivity index (χ0v) is 13.7. The van der Waals surface area contributed by atoms with Gasteiger partial charge in [-0.2, -0.15) is 0 Å². The molecule has 0 bridgehead atoms. The molecule has 0 amide bonds. The Balaban J connectivity index is 1.73. The molecule has 0 spiro atoms. The van der Waals surface area contributed by atoms with Crippen LogP contribution in [0.5, 0.6) is 0 Å².